The SMILES string of the molecule is COc1ccccc1CNC(=O)CCNC(=O)c1ccc2ccccc2c1. The fraction of sp³-hybridized carbons (Fsp3) is 0.182. The standard InChI is InChI=1S/C22H22N2O3/c1-27-20-9-5-4-8-19(20)15-24-21(25)12-13-23-22(26)18-11-10-16-6-2-3-7-17(16)14-18/h2-11,14H,12-13,15H2,1H3,(H,23,26)(H,24,25). The van der Waals surface area contributed by atoms with Gasteiger partial charge >= 0.3 is 0 Å². The molecule has 0 aliphatic carbocycles. The van der Waals surface area contributed by atoms with E-state index in [4.69, 9.17) is 4.74 Å². The summed E-state index contributed by atoms with van der Waals surface area (Å²) in [6, 6.07) is 21.0. The van der Waals surface area contributed by atoms with Gasteiger partial charge in [-0.1, -0.05) is 48.5 Å². The van der Waals surface area contributed by atoms with Crippen LogP contribution in [0.3, 0.4) is 0 Å². The van der Waals surface area contributed by atoms with Crippen LogP contribution in [0.1, 0.15) is 22.3 Å². The summed E-state index contributed by atoms with van der Waals surface area (Å²) < 4.78 is 5.26. The molecule has 3 aromatic carbocycles. The lowest BCUT2D eigenvalue weighted by Crippen LogP contribution is -2.30. The van der Waals surface area contributed by atoms with Crippen LogP contribution in [-0.4, -0.2) is 25.5 Å². The molecule has 2 amide bonds. The zero-order valence-electron chi connectivity index (χ0n) is 15.2. The van der Waals surface area contributed by atoms with Gasteiger partial charge in [0.25, 0.3) is 5.91 Å². The third-order valence-corrected chi connectivity index (χ3v) is 4.32. The van der Waals surface area contributed by atoms with Gasteiger partial charge in [0.15, 0.2) is 0 Å². The highest BCUT2D eigenvalue weighted by atomic mass is 16.5. The van der Waals surface area contributed by atoms with E-state index in [1.54, 1.807) is 13.2 Å². The minimum Gasteiger partial charge on any atom is -0.496 e. The number of hydrogen-bond acceptors (Lipinski definition) is 3. The zero-order chi connectivity index (χ0) is 19.1. The number of nitrogens with one attached hydrogen (secondary N) is 2. The van der Waals surface area contributed by atoms with E-state index in [0.29, 0.717) is 12.1 Å². The highest BCUT2D eigenvalue weighted by Gasteiger charge is 2.08. The molecule has 0 atom stereocenters. The molecule has 0 aliphatic rings. The Bertz CT molecular complexity index is 953. The van der Waals surface area contributed by atoms with Gasteiger partial charge < -0.3 is 15.4 Å². The molecule has 0 aromatic heterocycles. The van der Waals surface area contributed by atoms with Gasteiger partial charge in [0.05, 0.1) is 7.11 Å². The molecule has 0 fully saturated rings. The first-order valence-corrected chi connectivity index (χ1v) is 8.83. The quantitative estimate of drug-likeness (QED) is 0.678. The van der Waals surface area contributed by atoms with Crippen LogP contribution in [0.2, 0.25) is 0 Å². The molecule has 0 aliphatic heterocycles. The number of rotatable bonds is 7. The van der Waals surface area contributed by atoms with E-state index in [2.05, 4.69) is 10.6 Å². The Labute approximate surface area is 158 Å². The van der Waals surface area contributed by atoms with Gasteiger partial charge in [-0.05, 0) is 29.0 Å². The molecule has 138 valence electrons. The van der Waals surface area contributed by atoms with Crippen molar-refractivity contribution in [1.82, 2.24) is 10.6 Å². The van der Waals surface area contributed by atoms with Gasteiger partial charge in [-0.25, -0.2) is 0 Å². The van der Waals surface area contributed by atoms with E-state index >= 15 is 0 Å². The first kappa shape index (κ1) is 18.5. The summed E-state index contributed by atoms with van der Waals surface area (Å²) in [7, 11) is 1.60. The van der Waals surface area contributed by atoms with Crippen LogP contribution in [0.4, 0.5) is 0 Å². The van der Waals surface area contributed by atoms with Crippen molar-refractivity contribution in [3.8, 4) is 5.75 Å². The fourth-order valence-electron chi connectivity index (χ4n) is 2.85. The predicted octanol–water partition coefficient (Wildman–Crippen LogP) is 3.28. The minimum absolute atomic E-state index is 0.125. The summed E-state index contributed by atoms with van der Waals surface area (Å²) in [6.07, 6.45) is 0.217. The molecule has 5 nitrogen and oxygen atoms in total. The first-order valence-electron chi connectivity index (χ1n) is 8.83. The van der Waals surface area contributed by atoms with Crippen LogP contribution in [0.25, 0.3) is 10.8 Å². The Morgan fingerprint density at radius 3 is 2.44 bits per heavy atom. The van der Waals surface area contributed by atoms with Crippen LogP contribution >= 0.6 is 0 Å². The maximum absolute atomic E-state index is 12.3. The molecule has 0 unspecified atom stereocenters. The maximum atomic E-state index is 12.3. The van der Waals surface area contributed by atoms with Crippen LogP contribution in [-0.2, 0) is 11.3 Å². The average Bonchev–Trinajstić information content (AvgIpc) is 2.72. The van der Waals surface area contributed by atoms with E-state index < -0.39 is 0 Å². The number of carbonyl (C=O) groups is 2. The molecule has 3 aromatic rings. The van der Waals surface area contributed by atoms with Gasteiger partial charge in [-0.2, -0.15) is 0 Å². The molecule has 5 heteroatoms. The Kier molecular flexibility index (Phi) is 6.05. The summed E-state index contributed by atoms with van der Waals surface area (Å²) in [6.45, 7) is 0.672. The van der Waals surface area contributed by atoms with Gasteiger partial charge in [0, 0.05) is 30.6 Å². The van der Waals surface area contributed by atoms with Crippen molar-refractivity contribution in [2.24, 2.45) is 0 Å². The average molecular weight is 362 g/mol. The van der Waals surface area contributed by atoms with E-state index in [-0.39, 0.29) is 24.8 Å². The summed E-state index contributed by atoms with van der Waals surface area (Å²) in [5.41, 5.74) is 1.50. The van der Waals surface area contributed by atoms with E-state index in [9.17, 15) is 9.59 Å². The number of methoxy groups -OCH3 is 1. The highest BCUT2D eigenvalue weighted by molar-refractivity contribution is 5.98. The molecular weight excluding hydrogens is 340 g/mol. The number of amides is 2. The van der Waals surface area contributed by atoms with Gasteiger partial charge in [-0.3, -0.25) is 9.59 Å². The van der Waals surface area contributed by atoms with Crippen molar-refractivity contribution in [2.75, 3.05) is 13.7 Å². The summed E-state index contributed by atoms with van der Waals surface area (Å²) in [5, 5.41) is 7.73. The second-order valence-electron chi connectivity index (χ2n) is 6.16. The van der Waals surface area contributed by atoms with Gasteiger partial charge in [-0.15, -0.1) is 0 Å². The Morgan fingerprint density at radius 1 is 0.889 bits per heavy atom. The predicted molar refractivity (Wildman–Crippen MR) is 106 cm³/mol. The monoisotopic (exact) mass is 362 g/mol. The molecule has 0 heterocycles. The Hall–Kier alpha value is -3.34. The van der Waals surface area contributed by atoms with Crippen LogP contribution in [0, 0.1) is 0 Å². The number of para-hydroxylation sites is 1. The van der Waals surface area contributed by atoms with E-state index in [0.717, 1.165) is 22.1 Å². The summed E-state index contributed by atoms with van der Waals surface area (Å²) in [4.78, 5) is 24.3. The van der Waals surface area contributed by atoms with Crippen LogP contribution < -0.4 is 15.4 Å². The normalized spacial score (nSPS) is 10.4. The van der Waals surface area contributed by atoms with Crippen molar-refractivity contribution in [3.05, 3.63) is 77.9 Å². The Balaban J connectivity index is 1.47. The van der Waals surface area contributed by atoms with Crippen molar-refractivity contribution < 1.29 is 14.3 Å². The second kappa shape index (κ2) is 8.85. The van der Waals surface area contributed by atoms with Gasteiger partial charge in [0.1, 0.15) is 5.75 Å². The van der Waals surface area contributed by atoms with Crippen molar-refractivity contribution in [2.45, 2.75) is 13.0 Å². The molecule has 27 heavy (non-hydrogen) atoms. The maximum Gasteiger partial charge on any atom is 0.251 e. The van der Waals surface area contributed by atoms with Crippen molar-refractivity contribution in [3.63, 3.8) is 0 Å². The largest absolute Gasteiger partial charge is 0.496 e. The number of carbonyl (C=O) groups excluding carboxylic acids is 2. The zero-order valence-corrected chi connectivity index (χ0v) is 15.2. The van der Waals surface area contributed by atoms with Crippen LogP contribution in [0.15, 0.2) is 66.7 Å². The molecular formula is C22H22N2O3. The second-order valence-corrected chi connectivity index (χ2v) is 6.16. The number of ether oxygens (including phenoxy) is 1. The number of hydrogen-bond donors (Lipinski definition) is 2. The number of benzene rings is 3. The Morgan fingerprint density at radius 2 is 1.63 bits per heavy atom. The van der Waals surface area contributed by atoms with E-state index in [1.165, 1.54) is 0 Å². The summed E-state index contributed by atoms with van der Waals surface area (Å²) >= 11 is 0. The topological polar surface area (TPSA) is 67.4 Å². The third-order valence-electron chi connectivity index (χ3n) is 4.32. The molecule has 0 bridgehead atoms. The van der Waals surface area contributed by atoms with Gasteiger partial charge in [0.2, 0.25) is 5.91 Å². The molecule has 0 saturated heterocycles. The summed E-state index contributed by atoms with van der Waals surface area (Å²) in [5.74, 6) is 0.431. The van der Waals surface area contributed by atoms with E-state index in [1.807, 2.05) is 60.7 Å². The van der Waals surface area contributed by atoms with Crippen molar-refractivity contribution in [1.29, 1.82) is 0 Å². The molecule has 3 rings (SSSR count). The smallest absolute Gasteiger partial charge is 0.251 e. The lowest BCUT2D eigenvalue weighted by atomic mass is 10.1. The molecule has 0 saturated carbocycles. The third kappa shape index (κ3) is 4.85. The molecule has 2 N–H and O–H groups in total. The highest BCUT2D eigenvalue weighted by Crippen LogP contribution is 2.17. The lowest BCUT2D eigenvalue weighted by Gasteiger charge is -2.10. The number of fused-ring (bicyclic) bond motifs is 1. The van der Waals surface area contributed by atoms with Crippen LogP contribution in [0.5, 0.6) is 5.75 Å². The fourth-order valence-corrected chi connectivity index (χ4v) is 2.85. The van der Waals surface area contributed by atoms with Crippen molar-refractivity contribution >= 4 is 22.6 Å². The minimum atomic E-state index is -0.182. The molecule has 0 spiro atoms. The first-order chi connectivity index (χ1) is 13.2. The molecule has 0 radical (unpaired) electrons. The lowest BCUT2D eigenvalue weighted by molar-refractivity contribution is -0.121.